The zero-order chi connectivity index (χ0) is 23.6. The molecule has 1 amide bonds. The molecule has 0 saturated carbocycles. The number of aromatic nitrogens is 3. The molecular formula is C22H18ClF3N4O2S. The van der Waals surface area contributed by atoms with Crippen molar-refractivity contribution in [3.8, 4) is 0 Å². The Bertz CT molecular complexity index is 1250. The second kappa shape index (κ2) is 9.56. The number of nitrogens with zero attached hydrogens (tertiary/aromatic N) is 3. The Morgan fingerprint density at radius 1 is 1.24 bits per heavy atom. The summed E-state index contributed by atoms with van der Waals surface area (Å²) < 4.78 is 40.4. The zero-order valence-corrected chi connectivity index (χ0v) is 18.7. The topological polar surface area (TPSA) is 76.9 Å². The number of anilines is 1. The van der Waals surface area contributed by atoms with Gasteiger partial charge >= 0.3 is 11.9 Å². The van der Waals surface area contributed by atoms with Gasteiger partial charge in [-0.1, -0.05) is 29.4 Å². The van der Waals surface area contributed by atoms with Crippen molar-refractivity contribution in [3.05, 3.63) is 80.6 Å². The molecule has 6 nitrogen and oxygen atoms in total. The summed E-state index contributed by atoms with van der Waals surface area (Å²) in [5.74, 6) is -0.674. The van der Waals surface area contributed by atoms with Gasteiger partial charge in [0.1, 0.15) is 5.03 Å². The number of halogens is 4. The highest BCUT2D eigenvalue weighted by Gasteiger charge is 2.31. The van der Waals surface area contributed by atoms with Crippen molar-refractivity contribution >= 4 is 35.0 Å². The standard InChI is InChI=1S/C22H18ClF3N4O2S/c23-16-7-6-14(22(24,25)26)9-17(16)28-19(31)12-33-20-15-4-1-5-18(15)30(21(32)29-20)11-13-3-2-8-27-10-13/h2-3,6-10H,1,4-5,11-12H2,(H,28,31). The summed E-state index contributed by atoms with van der Waals surface area (Å²) in [7, 11) is 0. The summed E-state index contributed by atoms with van der Waals surface area (Å²) in [5, 5.41) is 2.88. The Morgan fingerprint density at radius 2 is 2.06 bits per heavy atom. The van der Waals surface area contributed by atoms with Crippen LogP contribution in [0.5, 0.6) is 0 Å². The Labute approximate surface area is 196 Å². The summed E-state index contributed by atoms with van der Waals surface area (Å²) in [4.78, 5) is 33.4. The lowest BCUT2D eigenvalue weighted by molar-refractivity contribution is -0.137. The first kappa shape index (κ1) is 23.3. The molecule has 1 aliphatic carbocycles. The van der Waals surface area contributed by atoms with Crippen molar-refractivity contribution in [3.63, 3.8) is 0 Å². The summed E-state index contributed by atoms with van der Waals surface area (Å²) in [5.41, 5.74) is 1.25. The maximum atomic E-state index is 12.9. The van der Waals surface area contributed by atoms with Crippen molar-refractivity contribution in [2.24, 2.45) is 0 Å². The molecule has 33 heavy (non-hydrogen) atoms. The van der Waals surface area contributed by atoms with Crippen LogP contribution in [0, 0.1) is 0 Å². The molecule has 0 atom stereocenters. The van der Waals surface area contributed by atoms with E-state index >= 15 is 0 Å². The summed E-state index contributed by atoms with van der Waals surface area (Å²) in [6.45, 7) is 0.363. The van der Waals surface area contributed by atoms with Crippen molar-refractivity contribution in [1.82, 2.24) is 14.5 Å². The molecule has 172 valence electrons. The van der Waals surface area contributed by atoms with Crippen LogP contribution in [0.1, 0.15) is 28.8 Å². The van der Waals surface area contributed by atoms with Crippen molar-refractivity contribution in [1.29, 1.82) is 0 Å². The number of amides is 1. The van der Waals surface area contributed by atoms with Gasteiger partial charge in [0.15, 0.2) is 0 Å². The van der Waals surface area contributed by atoms with Gasteiger partial charge in [-0.3, -0.25) is 14.3 Å². The number of rotatable bonds is 6. The third-order valence-electron chi connectivity index (χ3n) is 5.17. The molecule has 0 aliphatic heterocycles. The molecule has 0 radical (unpaired) electrons. The third kappa shape index (κ3) is 5.39. The molecule has 1 N–H and O–H groups in total. The van der Waals surface area contributed by atoms with Gasteiger partial charge in [0.05, 0.1) is 28.6 Å². The first-order valence-electron chi connectivity index (χ1n) is 10.0. The fourth-order valence-electron chi connectivity index (χ4n) is 3.66. The first-order chi connectivity index (χ1) is 15.7. The molecule has 4 rings (SSSR count). The van der Waals surface area contributed by atoms with Crippen molar-refractivity contribution in [2.75, 3.05) is 11.1 Å². The molecule has 3 aromatic rings. The van der Waals surface area contributed by atoms with Crippen LogP contribution in [-0.2, 0) is 30.4 Å². The lowest BCUT2D eigenvalue weighted by Crippen LogP contribution is -2.28. The van der Waals surface area contributed by atoms with Crippen molar-refractivity contribution < 1.29 is 18.0 Å². The number of pyridine rings is 1. The fraction of sp³-hybridized carbons (Fsp3) is 0.273. The van der Waals surface area contributed by atoms with E-state index in [0.29, 0.717) is 11.6 Å². The van der Waals surface area contributed by atoms with Crippen LogP contribution in [0.15, 0.2) is 52.5 Å². The smallest absolute Gasteiger partial charge is 0.324 e. The quantitative estimate of drug-likeness (QED) is 0.401. The van der Waals surface area contributed by atoms with E-state index in [2.05, 4.69) is 15.3 Å². The van der Waals surface area contributed by atoms with Crippen LogP contribution >= 0.6 is 23.4 Å². The van der Waals surface area contributed by atoms with Gasteiger partial charge in [-0.25, -0.2) is 4.79 Å². The second-order valence-electron chi connectivity index (χ2n) is 7.45. The van der Waals surface area contributed by atoms with E-state index in [0.717, 1.165) is 66.0 Å². The molecule has 0 fully saturated rings. The minimum absolute atomic E-state index is 0.00151. The van der Waals surface area contributed by atoms with Gasteiger partial charge in [0.25, 0.3) is 0 Å². The zero-order valence-electron chi connectivity index (χ0n) is 17.2. The van der Waals surface area contributed by atoms with Crippen LogP contribution in [0.4, 0.5) is 18.9 Å². The number of thioether (sulfide) groups is 1. The number of benzene rings is 1. The molecule has 1 aromatic carbocycles. The number of nitrogens with one attached hydrogen (secondary N) is 1. The molecule has 11 heteroatoms. The molecule has 2 aromatic heterocycles. The van der Waals surface area contributed by atoms with Crippen molar-refractivity contribution in [2.45, 2.75) is 37.0 Å². The van der Waals surface area contributed by atoms with Crippen LogP contribution in [0.3, 0.4) is 0 Å². The Kier molecular flexibility index (Phi) is 6.76. The first-order valence-corrected chi connectivity index (χ1v) is 11.4. The summed E-state index contributed by atoms with van der Waals surface area (Å²) >= 11 is 7.02. The van der Waals surface area contributed by atoms with E-state index in [9.17, 15) is 22.8 Å². The van der Waals surface area contributed by atoms with E-state index in [1.54, 1.807) is 23.0 Å². The maximum absolute atomic E-state index is 12.9. The molecule has 2 heterocycles. The van der Waals surface area contributed by atoms with Gasteiger partial charge in [-0.05, 0) is 49.1 Å². The van der Waals surface area contributed by atoms with Crippen LogP contribution in [0.2, 0.25) is 5.02 Å². The fourth-order valence-corrected chi connectivity index (χ4v) is 4.70. The maximum Gasteiger partial charge on any atom is 0.416 e. The highest BCUT2D eigenvalue weighted by molar-refractivity contribution is 8.00. The van der Waals surface area contributed by atoms with Gasteiger partial charge in [0, 0.05) is 23.7 Å². The molecule has 0 unspecified atom stereocenters. The Balaban J connectivity index is 1.49. The van der Waals surface area contributed by atoms with Gasteiger partial charge in [0.2, 0.25) is 5.91 Å². The minimum atomic E-state index is -4.55. The number of hydrogen-bond acceptors (Lipinski definition) is 5. The van der Waals surface area contributed by atoms with E-state index in [-0.39, 0.29) is 16.5 Å². The van der Waals surface area contributed by atoms with Gasteiger partial charge in [-0.2, -0.15) is 18.2 Å². The summed E-state index contributed by atoms with van der Waals surface area (Å²) in [6.07, 6.45) is 1.13. The predicted octanol–water partition coefficient (Wildman–Crippen LogP) is 4.58. The SMILES string of the molecule is O=C(CSc1nc(=O)n(Cc2cccnc2)c2c1CCC2)Nc1cc(C(F)(F)F)ccc1Cl. The molecule has 0 bridgehead atoms. The second-order valence-corrected chi connectivity index (χ2v) is 8.83. The minimum Gasteiger partial charge on any atom is -0.324 e. The largest absolute Gasteiger partial charge is 0.416 e. The lowest BCUT2D eigenvalue weighted by Gasteiger charge is -2.14. The average molecular weight is 495 g/mol. The molecular weight excluding hydrogens is 477 g/mol. The number of alkyl halides is 3. The molecule has 1 aliphatic rings. The molecule has 0 spiro atoms. The van der Waals surface area contributed by atoms with Gasteiger partial charge < -0.3 is 5.32 Å². The Morgan fingerprint density at radius 3 is 2.79 bits per heavy atom. The monoisotopic (exact) mass is 494 g/mol. The van der Waals surface area contributed by atoms with E-state index in [1.807, 2.05) is 6.07 Å². The van der Waals surface area contributed by atoms with Crippen LogP contribution in [0.25, 0.3) is 0 Å². The average Bonchev–Trinajstić information content (AvgIpc) is 3.26. The van der Waals surface area contributed by atoms with E-state index in [4.69, 9.17) is 11.6 Å². The van der Waals surface area contributed by atoms with E-state index in [1.165, 1.54) is 0 Å². The number of carbonyl (C=O) groups excluding carboxylic acids is 1. The number of carbonyl (C=O) groups is 1. The predicted molar refractivity (Wildman–Crippen MR) is 120 cm³/mol. The highest BCUT2D eigenvalue weighted by Crippen LogP contribution is 2.34. The van der Waals surface area contributed by atoms with Crippen LogP contribution in [-0.4, -0.2) is 26.2 Å². The highest BCUT2D eigenvalue weighted by atomic mass is 35.5. The lowest BCUT2D eigenvalue weighted by atomic mass is 10.2. The van der Waals surface area contributed by atoms with Gasteiger partial charge in [-0.15, -0.1) is 0 Å². The van der Waals surface area contributed by atoms with E-state index < -0.39 is 23.3 Å². The van der Waals surface area contributed by atoms with Crippen LogP contribution < -0.4 is 11.0 Å². The number of fused-ring (bicyclic) bond motifs is 1. The molecule has 0 saturated heterocycles. The number of hydrogen-bond donors (Lipinski definition) is 1. The summed E-state index contributed by atoms with van der Waals surface area (Å²) in [6, 6.07) is 6.41. The third-order valence-corrected chi connectivity index (χ3v) is 6.52. The Hall–Kier alpha value is -2.85. The normalized spacial score (nSPS) is 13.1.